The summed E-state index contributed by atoms with van der Waals surface area (Å²) in [5.41, 5.74) is 2.38. The predicted octanol–water partition coefficient (Wildman–Crippen LogP) is 3.60. The van der Waals surface area contributed by atoms with Crippen molar-refractivity contribution in [2.75, 3.05) is 7.11 Å². The Morgan fingerprint density at radius 2 is 2.03 bits per heavy atom. The largest absolute Gasteiger partial charge is 0.494 e. The van der Waals surface area contributed by atoms with Crippen LogP contribution in [0.2, 0.25) is 0 Å². The van der Waals surface area contributed by atoms with Gasteiger partial charge in [-0.2, -0.15) is 0 Å². The molecule has 1 aromatic heterocycles. The van der Waals surface area contributed by atoms with E-state index in [0.717, 1.165) is 23.9 Å². The molecule has 3 aromatic rings. The van der Waals surface area contributed by atoms with Crippen LogP contribution >= 0.6 is 0 Å². The number of halogens is 1. The van der Waals surface area contributed by atoms with Gasteiger partial charge in [0.1, 0.15) is 5.82 Å². The molecule has 1 atom stereocenters. The minimum Gasteiger partial charge on any atom is -0.494 e. The molecule has 1 aliphatic rings. The maximum Gasteiger partial charge on any atom is 0.315 e. The van der Waals surface area contributed by atoms with Crippen LogP contribution in [-0.2, 0) is 6.42 Å². The van der Waals surface area contributed by atoms with Crippen molar-refractivity contribution in [2.45, 2.75) is 50.3 Å². The minimum atomic E-state index is -0.477. The number of H-pyrrole nitrogens is 1. The van der Waals surface area contributed by atoms with Crippen molar-refractivity contribution in [1.82, 2.24) is 20.6 Å². The first-order valence-corrected chi connectivity index (χ1v) is 10.5. The van der Waals surface area contributed by atoms with E-state index in [-0.39, 0.29) is 23.9 Å². The Labute approximate surface area is 180 Å². The number of ether oxygens (including phenoxy) is 1. The smallest absolute Gasteiger partial charge is 0.315 e. The number of hydrogen-bond acceptors (Lipinski definition) is 4. The van der Waals surface area contributed by atoms with Gasteiger partial charge in [-0.3, -0.25) is 0 Å². The number of benzene rings is 2. The van der Waals surface area contributed by atoms with Crippen molar-refractivity contribution in [3.63, 3.8) is 0 Å². The van der Waals surface area contributed by atoms with Crippen LogP contribution in [0.5, 0.6) is 5.75 Å². The van der Waals surface area contributed by atoms with E-state index in [1.807, 2.05) is 24.3 Å². The van der Waals surface area contributed by atoms with Gasteiger partial charge in [0, 0.05) is 12.5 Å². The molecule has 4 rings (SSSR count). The number of hydrogen-bond donors (Lipinski definition) is 4. The van der Waals surface area contributed by atoms with E-state index in [2.05, 4.69) is 20.6 Å². The van der Waals surface area contributed by atoms with Crippen molar-refractivity contribution < 1.29 is 19.0 Å². The van der Waals surface area contributed by atoms with Crippen LogP contribution in [0.3, 0.4) is 0 Å². The van der Waals surface area contributed by atoms with E-state index in [1.54, 1.807) is 12.1 Å². The third-order valence-electron chi connectivity index (χ3n) is 5.73. The van der Waals surface area contributed by atoms with Gasteiger partial charge in [0.2, 0.25) is 0 Å². The summed E-state index contributed by atoms with van der Waals surface area (Å²) in [6.45, 7) is 0. The lowest BCUT2D eigenvalue weighted by molar-refractivity contribution is 0.117. The van der Waals surface area contributed by atoms with Crippen molar-refractivity contribution in [2.24, 2.45) is 0 Å². The fourth-order valence-corrected chi connectivity index (χ4v) is 4.03. The lowest BCUT2D eigenvalue weighted by atomic mass is 9.93. The third-order valence-corrected chi connectivity index (χ3v) is 5.73. The number of carbonyl (C=O) groups excluding carboxylic acids is 1. The van der Waals surface area contributed by atoms with E-state index < -0.39 is 11.9 Å². The molecule has 8 heteroatoms. The first kappa shape index (κ1) is 21.1. The van der Waals surface area contributed by atoms with Gasteiger partial charge < -0.3 is 25.5 Å². The second-order valence-electron chi connectivity index (χ2n) is 7.99. The van der Waals surface area contributed by atoms with Crippen molar-refractivity contribution in [3.8, 4) is 5.75 Å². The highest BCUT2D eigenvalue weighted by Crippen LogP contribution is 2.24. The molecule has 7 nitrogen and oxygen atoms in total. The molecule has 0 aliphatic heterocycles. The highest BCUT2D eigenvalue weighted by Gasteiger charge is 2.24. The quantitative estimate of drug-likeness (QED) is 0.484. The van der Waals surface area contributed by atoms with Crippen LogP contribution < -0.4 is 15.4 Å². The zero-order chi connectivity index (χ0) is 21.8. The number of nitrogens with zero attached hydrogens (tertiary/aromatic N) is 1. The number of aromatic amines is 1. The molecule has 31 heavy (non-hydrogen) atoms. The van der Waals surface area contributed by atoms with Crippen LogP contribution in [0, 0.1) is 5.82 Å². The SMILES string of the molecule is COc1ccc(C[C@@H](NC(=O)N[C@H]2CC[C@H](O)CC2)c2nc3ccccc3[nH]2)cc1F. The van der Waals surface area contributed by atoms with Crippen LogP contribution in [0.15, 0.2) is 42.5 Å². The highest BCUT2D eigenvalue weighted by molar-refractivity contribution is 5.76. The van der Waals surface area contributed by atoms with E-state index in [4.69, 9.17) is 4.74 Å². The average molecular weight is 426 g/mol. The van der Waals surface area contributed by atoms with Gasteiger partial charge in [0.15, 0.2) is 11.6 Å². The van der Waals surface area contributed by atoms with E-state index in [1.165, 1.54) is 13.2 Å². The van der Waals surface area contributed by atoms with Crippen LogP contribution in [0.1, 0.15) is 43.1 Å². The number of methoxy groups -OCH3 is 1. The van der Waals surface area contributed by atoms with Crippen molar-refractivity contribution in [3.05, 3.63) is 59.7 Å². The third kappa shape index (κ3) is 5.14. The summed E-state index contributed by atoms with van der Waals surface area (Å²) in [5, 5.41) is 15.6. The predicted molar refractivity (Wildman–Crippen MR) is 115 cm³/mol. The maximum atomic E-state index is 14.2. The Kier molecular flexibility index (Phi) is 6.36. The second-order valence-corrected chi connectivity index (χ2v) is 7.99. The number of rotatable bonds is 6. The zero-order valence-corrected chi connectivity index (χ0v) is 17.4. The Morgan fingerprint density at radius 3 is 2.74 bits per heavy atom. The monoisotopic (exact) mass is 426 g/mol. The summed E-state index contributed by atoms with van der Waals surface area (Å²) in [6.07, 6.45) is 2.93. The standard InChI is InChI=1S/C23H27FN4O3/c1-31-21-11-6-14(12-17(21)24)13-20(22-26-18-4-2-3-5-19(18)27-22)28-23(30)25-15-7-9-16(29)10-8-15/h2-6,11-12,15-16,20,29H,7-10,13H2,1H3,(H,26,27)(H2,25,28,30)/t15-,16-,20-/m1/s1. The number of urea groups is 1. The highest BCUT2D eigenvalue weighted by atomic mass is 19.1. The summed E-state index contributed by atoms with van der Waals surface area (Å²) in [4.78, 5) is 20.6. The number of aliphatic hydroxyl groups is 1. The van der Waals surface area contributed by atoms with Crippen molar-refractivity contribution >= 4 is 17.1 Å². The number of aromatic nitrogens is 2. The number of imidazole rings is 1. The molecular weight excluding hydrogens is 399 g/mol. The second kappa shape index (κ2) is 9.34. The molecule has 1 aliphatic carbocycles. The summed E-state index contributed by atoms with van der Waals surface area (Å²) in [6, 6.07) is 11.6. The van der Waals surface area contributed by atoms with Gasteiger partial charge in [-0.25, -0.2) is 14.2 Å². The number of para-hydroxylation sites is 2. The fraction of sp³-hybridized carbons (Fsp3) is 0.391. The molecule has 0 saturated heterocycles. The first-order chi connectivity index (χ1) is 15.0. The van der Waals surface area contributed by atoms with Crippen LogP contribution in [-0.4, -0.2) is 40.4 Å². The molecule has 164 valence electrons. The van der Waals surface area contributed by atoms with E-state index >= 15 is 0 Å². The Balaban J connectivity index is 1.53. The average Bonchev–Trinajstić information content (AvgIpc) is 3.19. The molecule has 1 heterocycles. The molecule has 4 N–H and O–H groups in total. The Bertz CT molecular complexity index is 1010. The summed E-state index contributed by atoms with van der Waals surface area (Å²) in [7, 11) is 1.42. The summed E-state index contributed by atoms with van der Waals surface area (Å²) >= 11 is 0. The molecule has 0 radical (unpaired) electrons. The lowest BCUT2D eigenvalue weighted by Crippen LogP contribution is -2.45. The molecule has 1 saturated carbocycles. The number of carbonyl (C=O) groups is 1. The fourth-order valence-electron chi connectivity index (χ4n) is 4.03. The summed E-state index contributed by atoms with van der Waals surface area (Å²) < 4.78 is 19.2. The number of amides is 2. The van der Waals surface area contributed by atoms with Crippen LogP contribution in [0.25, 0.3) is 11.0 Å². The summed E-state index contributed by atoms with van der Waals surface area (Å²) in [5.74, 6) is 0.328. The molecule has 0 unspecified atom stereocenters. The number of nitrogens with one attached hydrogen (secondary N) is 3. The zero-order valence-electron chi connectivity index (χ0n) is 17.4. The normalized spacial score (nSPS) is 19.7. The number of aliphatic hydroxyl groups excluding tert-OH is 1. The van der Waals surface area contributed by atoms with Gasteiger partial charge in [0.05, 0.1) is 30.3 Å². The van der Waals surface area contributed by atoms with Gasteiger partial charge in [-0.1, -0.05) is 18.2 Å². The maximum absolute atomic E-state index is 14.2. The van der Waals surface area contributed by atoms with E-state index in [0.29, 0.717) is 30.7 Å². The van der Waals surface area contributed by atoms with Gasteiger partial charge in [0.25, 0.3) is 0 Å². The Morgan fingerprint density at radius 1 is 1.26 bits per heavy atom. The molecular formula is C23H27FN4O3. The number of fused-ring (bicyclic) bond motifs is 1. The molecule has 2 aromatic carbocycles. The minimum absolute atomic E-state index is 0.0261. The molecule has 0 bridgehead atoms. The molecule has 1 fully saturated rings. The van der Waals surface area contributed by atoms with Crippen molar-refractivity contribution in [1.29, 1.82) is 0 Å². The van der Waals surface area contributed by atoms with E-state index in [9.17, 15) is 14.3 Å². The topological polar surface area (TPSA) is 99.3 Å². The van der Waals surface area contributed by atoms with Crippen LogP contribution in [0.4, 0.5) is 9.18 Å². The van der Waals surface area contributed by atoms with Gasteiger partial charge >= 0.3 is 6.03 Å². The first-order valence-electron chi connectivity index (χ1n) is 10.5. The molecule has 2 amide bonds. The van der Waals surface area contributed by atoms with Gasteiger partial charge in [-0.05, 0) is 55.5 Å². The van der Waals surface area contributed by atoms with Gasteiger partial charge in [-0.15, -0.1) is 0 Å². The Hall–Kier alpha value is -3.13. The molecule has 0 spiro atoms. The lowest BCUT2D eigenvalue weighted by Gasteiger charge is -2.27.